The highest BCUT2D eigenvalue weighted by molar-refractivity contribution is 5.84. The fourth-order valence-electron chi connectivity index (χ4n) is 5.57. The fourth-order valence-corrected chi connectivity index (χ4v) is 5.57. The molecule has 1 aliphatic rings. The van der Waals surface area contributed by atoms with Gasteiger partial charge in [0.1, 0.15) is 11.3 Å². The van der Waals surface area contributed by atoms with Crippen LogP contribution in [0.1, 0.15) is 45.8 Å². The summed E-state index contributed by atoms with van der Waals surface area (Å²) in [7, 11) is 0. The average Bonchev–Trinajstić information content (AvgIpc) is 3.88. The molecule has 0 aliphatic carbocycles. The van der Waals surface area contributed by atoms with Gasteiger partial charge in [-0.05, 0) is 76.3 Å². The molecule has 12 nitrogen and oxygen atoms in total. The average molecular weight is 683 g/mol. The molecule has 0 N–H and O–H groups in total. The van der Waals surface area contributed by atoms with Crippen LogP contribution in [0.15, 0.2) is 60.9 Å². The molecule has 0 radical (unpaired) electrons. The maximum absolute atomic E-state index is 13.9. The van der Waals surface area contributed by atoms with Gasteiger partial charge in [-0.25, -0.2) is 37.7 Å². The normalized spacial score (nSPS) is 12.6. The first kappa shape index (κ1) is 31.6. The van der Waals surface area contributed by atoms with E-state index in [4.69, 9.17) is 9.47 Å². The van der Waals surface area contributed by atoms with Gasteiger partial charge in [0.15, 0.2) is 40.3 Å². The lowest BCUT2D eigenvalue weighted by molar-refractivity contribution is 0.174. The number of rotatable bonds is 4. The molecule has 6 aromatic heterocycles. The van der Waals surface area contributed by atoms with Crippen molar-refractivity contribution in [2.75, 3.05) is 6.79 Å². The van der Waals surface area contributed by atoms with Crippen molar-refractivity contribution < 1.29 is 18.3 Å². The Hall–Kier alpha value is -6.70. The minimum atomic E-state index is -0.687. The summed E-state index contributed by atoms with van der Waals surface area (Å²) in [4.78, 5) is 26.4. The van der Waals surface area contributed by atoms with Crippen LogP contribution in [0.25, 0.3) is 57.4 Å². The highest BCUT2D eigenvalue weighted by Gasteiger charge is 2.15. The SMILES string of the molecule is Cc1ncc(C)n2nc(C=Cc3ccc4cc(F)cc(F)c4n3)nc12.Cc1ncc(C)n2nc(C=Cc3ccc4cc5c(cc4n3)OCO5)nc12. The predicted molar refractivity (Wildman–Crippen MR) is 188 cm³/mol. The van der Waals surface area contributed by atoms with Crippen LogP contribution >= 0.6 is 0 Å². The second kappa shape index (κ2) is 12.6. The minimum absolute atomic E-state index is 0.127. The molecule has 51 heavy (non-hydrogen) atoms. The monoisotopic (exact) mass is 682 g/mol. The van der Waals surface area contributed by atoms with Gasteiger partial charge in [-0.2, -0.15) is 0 Å². The van der Waals surface area contributed by atoms with Crippen molar-refractivity contribution in [3.63, 3.8) is 0 Å². The summed E-state index contributed by atoms with van der Waals surface area (Å²) >= 11 is 0. The number of halogens is 2. The van der Waals surface area contributed by atoms with E-state index in [-0.39, 0.29) is 12.3 Å². The lowest BCUT2D eigenvalue weighted by atomic mass is 10.1. The van der Waals surface area contributed by atoms with E-state index in [1.165, 1.54) is 6.07 Å². The Kier molecular flexibility index (Phi) is 7.82. The molecule has 1 aliphatic heterocycles. The zero-order chi connectivity index (χ0) is 35.2. The van der Waals surface area contributed by atoms with E-state index in [2.05, 4.69) is 40.1 Å². The number of aromatic nitrogens is 10. The van der Waals surface area contributed by atoms with Gasteiger partial charge in [-0.3, -0.25) is 9.97 Å². The van der Waals surface area contributed by atoms with Gasteiger partial charge in [0.25, 0.3) is 0 Å². The number of fused-ring (bicyclic) bond motifs is 5. The lowest BCUT2D eigenvalue weighted by Gasteiger charge is -2.01. The standard InChI is InChI=1S/C19H15N5O2.C18H13F2N5/c1-11-9-20-12(2)19-22-18(23-24(11)19)6-5-14-4-3-13-7-16-17(26-10-25-16)8-15(13)21-14;1-10-9-21-11(2)18-23-16(24-25(10)18)6-5-14-4-3-12-7-13(19)8-15(20)17(12)22-14/h3-9H,10H2,1-2H3;3-9H,1-2H3. The van der Waals surface area contributed by atoms with E-state index in [0.29, 0.717) is 28.4 Å². The highest BCUT2D eigenvalue weighted by Crippen LogP contribution is 2.35. The molecular formula is C37H28F2N10O2. The number of hydrogen-bond acceptors (Lipinski definition) is 10. The molecule has 0 unspecified atom stereocenters. The molecule has 0 amide bonds. The molecule has 14 heteroatoms. The maximum Gasteiger partial charge on any atom is 0.231 e. The van der Waals surface area contributed by atoms with E-state index < -0.39 is 11.6 Å². The molecule has 252 valence electrons. The third kappa shape index (κ3) is 6.18. The van der Waals surface area contributed by atoms with Crippen LogP contribution in [-0.4, -0.2) is 55.9 Å². The number of pyridine rings is 2. The Morgan fingerprint density at radius 2 is 1.20 bits per heavy atom. The van der Waals surface area contributed by atoms with E-state index >= 15 is 0 Å². The number of benzene rings is 2. The summed E-state index contributed by atoms with van der Waals surface area (Å²) in [5.74, 6) is 1.30. The van der Waals surface area contributed by atoms with E-state index in [1.807, 2.05) is 64.1 Å². The van der Waals surface area contributed by atoms with Gasteiger partial charge in [0.05, 0.1) is 39.7 Å². The van der Waals surface area contributed by atoms with Gasteiger partial charge in [-0.1, -0.05) is 12.1 Å². The summed E-state index contributed by atoms with van der Waals surface area (Å²) in [5, 5.41) is 10.3. The first-order valence-corrected chi connectivity index (χ1v) is 15.9. The molecule has 0 atom stereocenters. The second-order valence-electron chi connectivity index (χ2n) is 11.9. The number of aryl methyl sites for hydroxylation is 4. The largest absolute Gasteiger partial charge is 0.454 e. The van der Waals surface area contributed by atoms with Crippen molar-refractivity contribution in [2.24, 2.45) is 0 Å². The van der Waals surface area contributed by atoms with E-state index in [0.717, 1.165) is 62.6 Å². The number of nitrogens with zero attached hydrogens (tertiary/aromatic N) is 10. The molecular weight excluding hydrogens is 654 g/mol. The van der Waals surface area contributed by atoms with Crippen LogP contribution in [-0.2, 0) is 0 Å². The molecule has 7 heterocycles. The van der Waals surface area contributed by atoms with E-state index in [9.17, 15) is 8.78 Å². The molecule has 2 aromatic carbocycles. The number of hydrogen-bond donors (Lipinski definition) is 0. The lowest BCUT2D eigenvalue weighted by Crippen LogP contribution is -1.97. The van der Waals surface area contributed by atoms with Crippen LogP contribution in [0.3, 0.4) is 0 Å². The Labute approximate surface area is 288 Å². The number of ether oxygens (including phenoxy) is 2. The van der Waals surface area contributed by atoms with Crippen LogP contribution in [0.5, 0.6) is 11.5 Å². The summed E-state index contributed by atoms with van der Waals surface area (Å²) in [6.45, 7) is 7.90. The van der Waals surface area contributed by atoms with Crippen molar-refractivity contribution in [2.45, 2.75) is 27.7 Å². The molecule has 8 aromatic rings. The van der Waals surface area contributed by atoms with Crippen molar-refractivity contribution in [3.8, 4) is 11.5 Å². The predicted octanol–water partition coefficient (Wildman–Crippen LogP) is 6.93. The zero-order valence-electron chi connectivity index (χ0n) is 27.8. The molecule has 0 saturated heterocycles. The first-order valence-electron chi connectivity index (χ1n) is 15.9. The third-order valence-corrected chi connectivity index (χ3v) is 8.20. The molecule has 0 bridgehead atoms. The van der Waals surface area contributed by atoms with Crippen molar-refractivity contribution >= 4 is 57.4 Å². The van der Waals surface area contributed by atoms with Crippen LogP contribution < -0.4 is 9.47 Å². The van der Waals surface area contributed by atoms with Crippen LogP contribution in [0, 0.1) is 39.3 Å². The quantitative estimate of drug-likeness (QED) is 0.193. The summed E-state index contributed by atoms with van der Waals surface area (Å²) in [6, 6.07) is 13.2. The topological polar surface area (TPSA) is 130 Å². The van der Waals surface area contributed by atoms with Crippen molar-refractivity contribution in [1.82, 2.24) is 49.1 Å². The van der Waals surface area contributed by atoms with Crippen molar-refractivity contribution in [1.29, 1.82) is 0 Å². The Balaban J connectivity index is 0.000000147. The summed E-state index contributed by atoms with van der Waals surface area (Å²) < 4.78 is 41.4. The van der Waals surface area contributed by atoms with Crippen LogP contribution in [0.2, 0.25) is 0 Å². The Morgan fingerprint density at radius 3 is 1.80 bits per heavy atom. The van der Waals surface area contributed by atoms with Gasteiger partial charge in [0, 0.05) is 35.3 Å². The fraction of sp³-hybridized carbons (Fsp3) is 0.135. The molecule has 9 rings (SSSR count). The van der Waals surface area contributed by atoms with Gasteiger partial charge in [0.2, 0.25) is 6.79 Å². The summed E-state index contributed by atoms with van der Waals surface area (Å²) in [5.41, 5.74) is 7.24. The van der Waals surface area contributed by atoms with Gasteiger partial charge in [-0.15, -0.1) is 10.2 Å². The Morgan fingerprint density at radius 1 is 0.627 bits per heavy atom. The summed E-state index contributed by atoms with van der Waals surface area (Å²) in [6.07, 6.45) is 10.7. The van der Waals surface area contributed by atoms with E-state index in [1.54, 1.807) is 45.7 Å². The first-order chi connectivity index (χ1) is 24.7. The van der Waals surface area contributed by atoms with Crippen molar-refractivity contribution in [3.05, 3.63) is 118 Å². The van der Waals surface area contributed by atoms with Gasteiger partial charge < -0.3 is 9.47 Å². The van der Waals surface area contributed by atoms with Gasteiger partial charge >= 0.3 is 0 Å². The smallest absolute Gasteiger partial charge is 0.231 e. The second-order valence-corrected chi connectivity index (χ2v) is 11.9. The highest BCUT2D eigenvalue weighted by atomic mass is 19.1. The maximum atomic E-state index is 13.9. The molecule has 0 saturated carbocycles. The minimum Gasteiger partial charge on any atom is -0.454 e. The molecule has 0 spiro atoms. The third-order valence-electron chi connectivity index (χ3n) is 8.20. The Bertz CT molecular complexity index is 2640. The van der Waals surface area contributed by atoms with Crippen LogP contribution in [0.4, 0.5) is 8.78 Å². The zero-order valence-corrected chi connectivity index (χ0v) is 27.8. The molecule has 0 fully saturated rings.